The number of Topliss-reactive ketones (excluding diaryl/α,β-unsaturated/α-hetero) is 1. The summed E-state index contributed by atoms with van der Waals surface area (Å²) in [7, 11) is 3.04. The van der Waals surface area contributed by atoms with Crippen molar-refractivity contribution in [1.82, 2.24) is 14.8 Å². The lowest BCUT2D eigenvalue weighted by Crippen LogP contribution is -2.62. The molecule has 3 aliphatic heterocycles. The van der Waals surface area contributed by atoms with Crippen LogP contribution in [0.5, 0.6) is 0 Å². The van der Waals surface area contributed by atoms with Gasteiger partial charge in [-0.25, -0.2) is 9.37 Å². The fourth-order valence-electron chi connectivity index (χ4n) is 3.61. The molecule has 3 amide bonds. The first-order valence-electron chi connectivity index (χ1n) is 9.90. The zero-order valence-corrected chi connectivity index (χ0v) is 18.8. The highest BCUT2D eigenvalue weighted by Crippen LogP contribution is 2.25. The minimum absolute atomic E-state index is 0.00237. The van der Waals surface area contributed by atoms with E-state index in [1.807, 2.05) is 32.9 Å². The van der Waals surface area contributed by atoms with Crippen LogP contribution in [0.15, 0.2) is 34.4 Å². The highest BCUT2D eigenvalue weighted by atomic mass is 35.5. The molecule has 0 N–H and O–H groups in total. The molecule has 0 saturated carbocycles. The number of ketones is 1. The van der Waals surface area contributed by atoms with E-state index in [0.717, 1.165) is 10.5 Å². The molecule has 10 heteroatoms. The maximum Gasteiger partial charge on any atom is 0.417 e. The number of benzene rings is 1. The number of amides is 3. The van der Waals surface area contributed by atoms with E-state index in [2.05, 4.69) is 4.99 Å². The predicted molar refractivity (Wildman–Crippen MR) is 116 cm³/mol. The van der Waals surface area contributed by atoms with Gasteiger partial charge in [-0.2, -0.15) is 0 Å². The second kappa shape index (κ2) is 7.26. The van der Waals surface area contributed by atoms with Gasteiger partial charge in [-0.15, -0.1) is 10.1 Å². The van der Waals surface area contributed by atoms with Crippen molar-refractivity contribution in [3.8, 4) is 0 Å². The van der Waals surface area contributed by atoms with Crippen LogP contribution in [0.3, 0.4) is 0 Å². The van der Waals surface area contributed by atoms with Crippen LogP contribution in [0.1, 0.15) is 26.3 Å². The van der Waals surface area contributed by atoms with E-state index >= 15 is 0 Å². The van der Waals surface area contributed by atoms with E-state index in [4.69, 9.17) is 16.7 Å². The third-order valence-electron chi connectivity index (χ3n) is 5.61. The smallest absolute Gasteiger partial charge is 0.295 e. The van der Waals surface area contributed by atoms with Crippen LogP contribution in [-0.4, -0.2) is 87.8 Å². The molecular formula is C21H24ClN6O3+. The molecule has 0 radical (unpaired) electrons. The molecule has 162 valence electrons. The number of hydrogen-bond acceptors (Lipinski definition) is 6. The van der Waals surface area contributed by atoms with Gasteiger partial charge >= 0.3 is 12.0 Å². The first-order chi connectivity index (χ1) is 14.5. The Labute approximate surface area is 185 Å². The molecule has 9 nitrogen and oxygen atoms in total. The molecule has 31 heavy (non-hydrogen) atoms. The largest absolute Gasteiger partial charge is 0.417 e. The Kier molecular flexibility index (Phi) is 4.96. The van der Waals surface area contributed by atoms with Crippen LogP contribution in [0.2, 0.25) is 5.02 Å². The summed E-state index contributed by atoms with van der Waals surface area (Å²) >= 11 is 6.03. The molecule has 4 rings (SSSR count). The maximum atomic E-state index is 13.0. The second-order valence-corrected chi connectivity index (χ2v) is 9.26. The van der Waals surface area contributed by atoms with Gasteiger partial charge in [0.25, 0.3) is 5.91 Å². The molecule has 1 atom stereocenters. The average molecular weight is 444 g/mol. The molecule has 1 saturated heterocycles. The van der Waals surface area contributed by atoms with E-state index in [9.17, 15) is 14.4 Å². The van der Waals surface area contributed by atoms with Crippen LogP contribution in [-0.2, 0) is 9.59 Å². The van der Waals surface area contributed by atoms with Crippen molar-refractivity contribution < 1.29 is 19.0 Å². The number of amidine groups is 1. The third kappa shape index (κ3) is 3.52. The number of urea groups is 1. The Morgan fingerprint density at radius 1 is 1.16 bits per heavy atom. The van der Waals surface area contributed by atoms with Gasteiger partial charge < -0.3 is 0 Å². The van der Waals surface area contributed by atoms with E-state index in [1.54, 1.807) is 23.8 Å². The van der Waals surface area contributed by atoms with Crippen LogP contribution in [0.25, 0.3) is 0 Å². The molecule has 1 fully saturated rings. The fraction of sp³-hybridized carbons (Fsp3) is 0.429. The van der Waals surface area contributed by atoms with Gasteiger partial charge in [0.1, 0.15) is 12.3 Å². The highest BCUT2D eigenvalue weighted by molar-refractivity contribution is 6.30. The van der Waals surface area contributed by atoms with E-state index in [0.29, 0.717) is 29.1 Å². The van der Waals surface area contributed by atoms with Gasteiger partial charge in [0.15, 0.2) is 12.3 Å². The van der Waals surface area contributed by atoms with Crippen molar-refractivity contribution in [1.29, 1.82) is 0 Å². The Bertz CT molecular complexity index is 1080. The summed E-state index contributed by atoms with van der Waals surface area (Å²) in [5.74, 6) is 0.336. The number of imide groups is 1. The summed E-state index contributed by atoms with van der Waals surface area (Å²) in [4.78, 5) is 45.2. The van der Waals surface area contributed by atoms with Crippen molar-refractivity contribution >= 4 is 46.8 Å². The lowest BCUT2D eigenvalue weighted by molar-refractivity contribution is -0.527. The van der Waals surface area contributed by atoms with E-state index in [1.165, 1.54) is 17.0 Å². The first-order valence-corrected chi connectivity index (χ1v) is 10.3. The van der Waals surface area contributed by atoms with Crippen molar-refractivity contribution in [2.75, 3.05) is 27.2 Å². The number of carbonyl (C=O) groups is 3. The van der Waals surface area contributed by atoms with Crippen molar-refractivity contribution in [2.45, 2.75) is 26.8 Å². The zero-order valence-electron chi connectivity index (χ0n) is 18.1. The number of nitrogens with zero attached hydrogens (tertiary/aromatic N) is 6. The van der Waals surface area contributed by atoms with Crippen molar-refractivity contribution in [2.24, 2.45) is 15.5 Å². The molecule has 0 aliphatic carbocycles. The Morgan fingerprint density at radius 3 is 2.42 bits per heavy atom. The van der Waals surface area contributed by atoms with Crippen LogP contribution >= 0.6 is 11.6 Å². The Hall–Kier alpha value is -3.07. The van der Waals surface area contributed by atoms with E-state index < -0.39 is 17.5 Å². The van der Waals surface area contributed by atoms with Gasteiger partial charge in [0, 0.05) is 30.1 Å². The lowest BCUT2D eigenvalue weighted by Gasteiger charge is -2.32. The summed E-state index contributed by atoms with van der Waals surface area (Å²) in [6, 6.07) is 6.02. The maximum absolute atomic E-state index is 13.0. The molecule has 0 bridgehead atoms. The number of fused-ring (bicyclic) bond motifs is 2. The monoisotopic (exact) mass is 443 g/mol. The van der Waals surface area contributed by atoms with Crippen molar-refractivity contribution in [3.05, 3.63) is 34.9 Å². The Balaban J connectivity index is 1.78. The first kappa shape index (κ1) is 21.2. The summed E-state index contributed by atoms with van der Waals surface area (Å²) in [5.41, 5.74) is 0.930. The SMILES string of the molecule is CN1C(=O)C2C(=NC3=[N+]2CC(c2ccc(Cl)cc2)=NN3CC(=O)C(C)(C)C)N(C)C1=O. The molecule has 1 unspecified atom stereocenters. The molecule has 1 aromatic rings. The lowest BCUT2D eigenvalue weighted by atomic mass is 9.91. The van der Waals surface area contributed by atoms with Crippen LogP contribution < -0.4 is 0 Å². The number of likely N-dealkylation sites (N-methyl/N-ethyl adjacent to an activating group) is 2. The summed E-state index contributed by atoms with van der Waals surface area (Å²) in [6.07, 6.45) is 0. The zero-order chi connectivity index (χ0) is 22.7. The topological polar surface area (TPSA) is 88.7 Å². The van der Waals surface area contributed by atoms with Gasteiger partial charge in [0.05, 0.1) is 0 Å². The normalized spacial score (nSPS) is 21.2. The van der Waals surface area contributed by atoms with Gasteiger partial charge in [-0.1, -0.05) is 49.5 Å². The van der Waals surface area contributed by atoms with Gasteiger partial charge in [0.2, 0.25) is 11.9 Å². The summed E-state index contributed by atoms with van der Waals surface area (Å²) < 4.78 is 1.80. The number of halogens is 1. The Morgan fingerprint density at radius 2 is 1.81 bits per heavy atom. The average Bonchev–Trinajstić information content (AvgIpc) is 3.10. The molecule has 0 aromatic heterocycles. The van der Waals surface area contributed by atoms with Gasteiger partial charge in [-0.3, -0.25) is 19.4 Å². The molecule has 0 spiro atoms. The number of guanidine groups is 1. The fourth-order valence-corrected chi connectivity index (χ4v) is 3.73. The van der Waals surface area contributed by atoms with Crippen LogP contribution in [0, 0.1) is 5.41 Å². The molecule has 3 aliphatic rings. The number of hydrazone groups is 1. The number of aliphatic imine (C=N–C) groups is 1. The minimum atomic E-state index is -0.757. The van der Waals surface area contributed by atoms with Crippen molar-refractivity contribution in [3.63, 3.8) is 0 Å². The third-order valence-corrected chi connectivity index (χ3v) is 5.86. The predicted octanol–water partition coefficient (Wildman–Crippen LogP) is 1.65. The molecule has 1 aromatic carbocycles. The summed E-state index contributed by atoms with van der Waals surface area (Å²) in [6.45, 7) is 5.83. The highest BCUT2D eigenvalue weighted by Gasteiger charge is 2.54. The van der Waals surface area contributed by atoms with E-state index in [-0.39, 0.29) is 18.2 Å². The van der Waals surface area contributed by atoms with Gasteiger partial charge in [-0.05, 0) is 12.1 Å². The van der Waals surface area contributed by atoms with Crippen LogP contribution in [0.4, 0.5) is 4.79 Å². The quantitative estimate of drug-likeness (QED) is 0.664. The number of hydrogen-bond donors (Lipinski definition) is 0. The molecule has 3 heterocycles. The second-order valence-electron chi connectivity index (χ2n) is 8.82. The standard InChI is InChI=1S/C21H24ClN6O3/c1-21(2,3)15(29)11-28-19-23-17-16(18(30)26(5)20(31)25(17)4)27(19)10-14(24-28)12-6-8-13(22)9-7-12/h6-9,16H,10-11H2,1-5H3/q+1. The number of carbonyl (C=O) groups excluding carboxylic acids is 3. The number of rotatable bonds is 3. The summed E-state index contributed by atoms with van der Waals surface area (Å²) in [5, 5.41) is 6.82. The molecular weight excluding hydrogens is 420 g/mol. The minimum Gasteiger partial charge on any atom is -0.295 e.